The average molecular weight is 252 g/mol. The summed E-state index contributed by atoms with van der Waals surface area (Å²) >= 11 is 0. The number of hydrogen-bond acceptors (Lipinski definition) is 1. The third kappa shape index (κ3) is 2.07. The lowest BCUT2D eigenvalue weighted by Gasteiger charge is -2.08. The largest absolute Gasteiger partial charge is 0.478 e. The van der Waals surface area contributed by atoms with E-state index in [2.05, 4.69) is 0 Å². The minimum absolute atomic E-state index is 0.125. The van der Waals surface area contributed by atoms with E-state index in [1.54, 1.807) is 0 Å². The summed E-state index contributed by atoms with van der Waals surface area (Å²) in [5.74, 6) is -4.64. The van der Waals surface area contributed by atoms with Crippen LogP contribution < -0.4 is 0 Å². The van der Waals surface area contributed by atoms with E-state index in [0.717, 1.165) is 0 Å². The molecule has 0 bridgehead atoms. The average Bonchev–Trinajstić information content (AvgIpc) is 2.28. The van der Waals surface area contributed by atoms with Gasteiger partial charge in [-0.05, 0) is 6.07 Å². The van der Waals surface area contributed by atoms with E-state index in [0.29, 0.717) is 12.1 Å². The number of rotatable bonds is 2. The number of halogens is 3. The highest BCUT2D eigenvalue weighted by Crippen LogP contribution is 2.29. The predicted molar refractivity (Wildman–Crippen MR) is 58.7 cm³/mol. The minimum atomic E-state index is -1.31. The van der Waals surface area contributed by atoms with Crippen molar-refractivity contribution in [2.45, 2.75) is 0 Å². The number of benzene rings is 2. The van der Waals surface area contributed by atoms with Gasteiger partial charge in [-0.15, -0.1) is 0 Å². The molecular formula is C13H7F3O2. The van der Waals surface area contributed by atoms with Gasteiger partial charge < -0.3 is 5.11 Å². The summed E-state index contributed by atoms with van der Waals surface area (Å²) in [5.41, 5.74) is -0.920. The molecule has 0 amide bonds. The molecule has 92 valence electrons. The van der Waals surface area contributed by atoms with Gasteiger partial charge in [-0.3, -0.25) is 0 Å². The van der Waals surface area contributed by atoms with E-state index in [-0.39, 0.29) is 11.1 Å². The molecule has 2 aromatic rings. The van der Waals surface area contributed by atoms with Crippen LogP contribution in [-0.2, 0) is 0 Å². The fourth-order valence-electron chi connectivity index (χ4n) is 1.69. The molecule has 0 radical (unpaired) electrons. The molecule has 18 heavy (non-hydrogen) atoms. The monoisotopic (exact) mass is 252 g/mol. The van der Waals surface area contributed by atoms with Gasteiger partial charge in [-0.2, -0.15) is 0 Å². The van der Waals surface area contributed by atoms with Crippen LogP contribution in [0.5, 0.6) is 0 Å². The van der Waals surface area contributed by atoms with Gasteiger partial charge in [0.05, 0.1) is 11.1 Å². The second-order valence-electron chi connectivity index (χ2n) is 3.60. The van der Waals surface area contributed by atoms with Gasteiger partial charge in [-0.25, -0.2) is 18.0 Å². The zero-order valence-corrected chi connectivity index (χ0v) is 8.95. The molecule has 0 spiro atoms. The Morgan fingerprint density at radius 3 is 2.11 bits per heavy atom. The summed E-state index contributed by atoms with van der Waals surface area (Å²) in [5, 5.41) is 8.94. The highest BCUT2D eigenvalue weighted by molar-refractivity contribution is 5.96. The van der Waals surface area contributed by atoms with E-state index in [9.17, 15) is 18.0 Å². The Labute approximate surface area is 100 Å². The molecule has 2 rings (SSSR count). The number of aromatic carboxylic acids is 1. The number of carboxylic acid groups (broad SMARTS) is 1. The van der Waals surface area contributed by atoms with Crippen molar-refractivity contribution >= 4 is 5.97 Å². The fraction of sp³-hybridized carbons (Fsp3) is 0. The molecule has 0 aliphatic rings. The van der Waals surface area contributed by atoms with Crippen LogP contribution in [0.2, 0.25) is 0 Å². The Hall–Kier alpha value is -2.30. The van der Waals surface area contributed by atoms with Crippen molar-refractivity contribution in [3.63, 3.8) is 0 Å². The molecule has 0 unspecified atom stereocenters. The highest BCUT2D eigenvalue weighted by Gasteiger charge is 2.18. The molecule has 0 saturated heterocycles. The molecule has 0 aliphatic carbocycles. The molecule has 2 nitrogen and oxygen atoms in total. The van der Waals surface area contributed by atoms with E-state index < -0.39 is 29.0 Å². The van der Waals surface area contributed by atoms with Crippen molar-refractivity contribution in [2.75, 3.05) is 0 Å². The van der Waals surface area contributed by atoms with Crippen LogP contribution in [0.25, 0.3) is 11.1 Å². The zero-order valence-electron chi connectivity index (χ0n) is 8.95. The summed E-state index contributed by atoms with van der Waals surface area (Å²) in [7, 11) is 0. The Morgan fingerprint density at radius 1 is 1.00 bits per heavy atom. The Morgan fingerprint density at radius 2 is 1.56 bits per heavy atom. The van der Waals surface area contributed by atoms with Gasteiger partial charge in [0.25, 0.3) is 0 Å². The normalized spacial score (nSPS) is 10.4. The number of hydrogen-bond donors (Lipinski definition) is 1. The van der Waals surface area contributed by atoms with Crippen molar-refractivity contribution in [2.24, 2.45) is 0 Å². The number of carboxylic acids is 1. The lowest BCUT2D eigenvalue weighted by atomic mass is 9.98. The van der Waals surface area contributed by atoms with Gasteiger partial charge in [-0.1, -0.05) is 18.2 Å². The van der Waals surface area contributed by atoms with Crippen molar-refractivity contribution in [3.05, 3.63) is 59.4 Å². The first-order valence-corrected chi connectivity index (χ1v) is 4.98. The summed E-state index contributed by atoms with van der Waals surface area (Å²) in [6.07, 6.45) is 0. The molecule has 0 fully saturated rings. The highest BCUT2D eigenvalue weighted by atomic mass is 19.1. The van der Waals surface area contributed by atoms with Crippen LogP contribution >= 0.6 is 0 Å². The van der Waals surface area contributed by atoms with Crippen molar-refractivity contribution < 1.29 is 23.1 Å². The van der Waals surface area contributed by atoms with Crippen molar-refractivity contribution in [1.82, 2.24) is 0 Å². The van der Waals surface area contributed by atoms with Crippen LogP contribution in [0.15, 0.2) is 36.4 Å². The minimum Gasteiger partial charge on any atom is -0.478 e. The molecule has 1 N–H and O–H groups in total. The van der Waals surface area contributed by atoms with E-state index in [1.807, 2.05) is 0 Å². The topological polar surface area (TPSA) is 37.3 Å². The standard InChI is InChI=1S/C13H7F3O2/c14-7-5-10(15)12(11(16)6-7)8-3-1-2-4-9(8)13(17)18/h1-6H,(H,17,18). The maximum absolute atomic E-state index is 13.6. The summed E-state index contributed by atoms with van der Waals surface area (Å²) in [4.78, 5) is 11.0. The van der Waals surface area contributed by atoms with Crippen molar-refractivity contribution in [3.8, 4) is 11.1 Å². The van der Waals surface area contributed by atoms with Gasteiger partial charge in [0.1, 0.15) is 17.5 Å². The lowest BCUT2D eigenvalue weighted by Crippen LogP contribution is -2.02. The maximum Gasteiger partial charge on any atom is 0.336 e. The predicted octanol–water partition coefficient (Wildman–Crippen LogP) is 3.47. The summed E-state index contributed by atoms with van der Waals surface area (Å²) < 4.78 is 39.9. The van der Waals surface area contributed by atoms with Crippen LogP contribution in [0.3, 0.4) is 0 Å². The number of carbonyl (C=O) groups is 1. The van der Waals surface area contributed by atoms with Crippen LogP contribution in [0, 0.1) is 17.5 Å². The lowest BCUT2D eigenvalue weighted by molar-refractivity contribution is 0.0697. The molecule has 0 saturated carbocycles. The first-order chi connectivity index (χ1) is 8.50. The first-order valence-electron chi connectivity index (χ1n) is 4.98. The maximum atomic E-state index is 13.6. The third-order valence-corrected chi connectivity index (χ3v) is 2.43. The zero-order chi connectivity index (χ0) is 13.3. The Bertz CT molecular complexity index is 600. The van der Waals surface area contributed by atoms with Gasteiger partial charge in [0, 0.05) is 17.7 Å². The second kappa shape index (κ2) is 4.52. The van der Waals surface area contributed by atoms with Crippen LogP contribution in [-0.4, -0.2) is 11.1 Å². The summed E-state index contributed by atoms with van der Waals surface area (Å²) in [6, 6.07) is 6.40. The van der Waals surface area contributed by atoms with Crippen LogP contribution in [0.4, 0.5) is 13.2 Å². The molecule has 0 aromatic heterocycles. The van der Waals surface area contributed by atoms with Crippen molar-refractivity contribution in [1.29, 1.82) is 0 Å². The smallest absolute Gasteiger partial charge is 0.336 e. The third-order valence-electron chi connectivity index (χ3n) is 2.43. The van der Waals surface area contributed by atoms with E-state index >= 15 is 0 Å². The molecule has 0 atom stereocenters. The SMILES string of the molecule is O=C(O)c1ccccc1-c1c(F)cc(F)cc1F. The molecule has 2 aromatic carbocycles. The quantitative estimate of drug-likeness (QED) is 0.888. The first kappa shape index (κ1) is 12.2. The summed E-state index contributed by atoms with van der Waals surface area (Å²) in [6.45, 7) is 0. The molecule has 5 heteroatoms. The second-order valence-corrected chi connectivity index (χ2v) is 3.60. The molecule has 0 aliphatic heterocycles. The van der Waals surface area contributed by atoms with Gasteiger partial charge >= 0.3 is 5.97 Å². The van der Waals surface area contributed by atoms with Gasteiger partial charge in [0.2, 0.25) is 0 Å². The molecule has 0 heterocycles. The van der Waals surface area contributed by atoms with Gasteiger partial charge in [0.15, 0.2) is 0 Å². The van der Waals surface area contributed by atoms with E-state index in [1.165, 1.54) is 24.3 Å². The molecular weight excluding hydrogens is 245 g/mol. The van der Waals surface area contributed by atoms with E-state index in [4.69, 9.17) is 5.11 Å². The fourth-order valence-corrected chi connectivity index (χ4v) is 1.69. The Kier molecular flexibility index (Phi) is 3.06. The Balaban J connectivity index is 2.74. The van der Waals surface area contributed by atoms with Crippen LogP contribution in [0.1, 0.15) is 10.4 Å².